The molecule has 5 nitrogen and oxygen atoms in total. The molecule has 2 aliphatic carbocycles. The summed E-state index contributed by atoms with van der Waals surface area (Å²) < 4.78 is 5.59. The molecule has 5 heteroatoms. The van der Waals surface area contributed by atoms with Gasteiger partial charge in [-0.05, 0) is 35.8 Å². The Morgan fingerprint density at radius 2 is 2.14 bits per heavy atom. The molecule has 0 radical (unpaired) electrons. The number of carboxylic acid groups (broad SMARTS) is 1. The van der Waals surface area contributed by atoms with Gasteiger partial charge in [-0.1, -0.05) is 24.3 Å². The largest absolute Gasteiger partial charge is 0.478 e. The van der Waals surface area contributed by atoms with Crippen LogP contribution in [0, 0.1) is 5.92 Å². The lowest BCUT2D eigenvalue weighted by Gasteiger charge is -2.13. The third-order valence-corrected chi connectivity index (χ3v) is 4.44. The van der Waals surface area contributed by atoms with E-state index in [1.54, 1.807) is 0 Å². The van der Waals surface area contributed by atoms with Crippen molar-refractivity contribution < 1.29 is 14.3 Å². The molecule has 2 aliphatic rings. The molecule has 1 aromatic heterocycles. The second-order valence-electron chi connectivity index (χ2n) is 5.60. The summed E-state index contributed by atoms with van der Waals surface area (Å²) in [4.78, 5) is 10.5. The van der Waals surface area contributed by atoms with Crippen LogP contribution in [0.3, 0.4) is 0 Å². The molecular weight excluding hydrogens is 268 g/mol. The molecule has 21 heavy (non-hydrogen) atoms. The fraction of sp³-hybridized carbons (Fsp3) is 0.312. The first kappa shape index (κ1) is 12.3. The SMILES string of the molecule is O=C(O)/C=C/c1nnc(C2C3CCc4ccccc4C32)o1. The highest BCUT2D eigenvalue weighted by Crippen LogP contribution is 2.64. The van der Waals surface area contributed by atoms with Crippen LogP contribution in [-0.4, -0.2) is 21.3 Å². The van der Waals surface area contributed by atoms with Crippen LogP contribution in [0.4, 0.5) is 0 Å². The van der Waals surface area contributed by atoms with Crippen LogP contribution in [0.2, 0.25) is 0 Å². The number of carboxylic acids is 1. The van der Waals surface area contributed by atoms with E-state index in [0.29, 0.717) is 17.7 Å². The van der Waals surface area contributed by atoms with Gasteiger partial charge in [-0.15, -0.1) is 10.2 Å². The Kier molecular flexibility index (Phi) is 2.67. The third-order valence-electron chi connectivity index (χ3n) is 4.44. The van der Waals surface area contributed by atoms with E-state index < -0.39 is 5.97 Å². The minimum atomic E-state index is -1.02. The van der Waals surface area contributed by atoms with Gasteiger partial charge < -0.3 is 9.52 Å². The second kappa shape index (κ2) is 4.55. The fourth-order valence-corrected chi connectivity index (χ4v) is 3.49. The quantitative estimate of drug-likeness (QED) is 0.876. The maximum atomic E-state index is 10.5. The van der Waals surface area contributed by atoms with Crippen LogP contribution < -0.4 is 0 Å². The Hall–Kier alpha value is -2.43. The van der Waals surface area contributed by atoms with Crippen molar-refractivity contribution in [3.8, 4) is 0 Å². The van der Waals surface area contributed by atoms with E-state index >= 15 is 0 Å². The normalized spacial score (nSPS) is 26.4. The second-order valence-corrected chi connectivity index (χ2v) is 5.60. The molecule has 4 rings (SSSR count). The van der Waals surface area contributed by atoms with Gasteiger partial charge in [-0.25, -0.2) is 4.79 Å². The van der Waals surface area contributed by atoms with Crippen LogP contribution in [-0.2, 0) is 11.2 Å². The van der Waals surface area contributed by atoms with Gasteiger partial charge >= 0.3 is 5.97 Å². The Morgan fingerprint density at radius 3 is 3.00 bits per heavy atom. The summed E-state index contributed by atoms with van der Waals surface area (Å²) in [5.74, 6) is 1.20. The molecular formula is C16H14N2O3. The van der Waals surface area contributed by atoms with E-state index in [-0.39, 0.29) is 11.8 Å². The van der Waals surface area contributed by atoms with Crippen molar-refractivity contribution in [3.63, 3.8) is 0 Å². The highest BCUT2D eigenvalue weighted by molar-refractivity contribution is 5.84. The van der Waals surface area contributed by atoms with Gasteiger partial charge in [-0.3, -0.25) is 0 Å². The van der Waals surface area contributed by atoms with Crippen LogP contribution in [0.15, 0.2) is 34.8 Å². The highest BCUT2D eigenvalue weighted by Gasteiger charge is 2.56. The topological polar surface area (TPSA) is 76.2 Å². The molecule has 0 spiro atoms. The van der Waals surface area contributed by atoms with Crippen molar-refractivity contribution in [2.45, 2.75) is 24.7 Å². The highest BCUT2D eigenvalue weighted by atomic mass is 16.4. The zero-order chi connectivity index (χ0) is 14.4. The van der Waals surface area contributed by atoms with E-state index in [2.05, 4.69) is 34.5 Å². The van der Waals surface area contributed by atoms with Crippen LogP contribution in [0.1, 0.15) is 41.2 Å². The number of benzene rings is 1. The van der Waals surface area contributed by atoms with Crippen molar-refractivity contribution in [2.75, 3.05) is 0 Å². The van der Waals surface area contributed by atoms with Crippen molar-refractivity contribution in [2.24, 2.45) is 5.92 Å². The van der Waals surface area contributed by atoms with Crippen molar-refractivity contribution in [1.29, 1.82) is 0 Å². The minimum absolute atomic E-state index is 0.254. The Labute approximate surface area is 121 Å². The lowest BCUT2D eigenvalue weighted by molar-refractivity contribution is -0.131. The molecule has 3 unspecified atom stereocenters. The van der Waals surface area contributed by atoms with E-state index in [9.17, 15) is 4.79 Å². The van der Waals surface area contributed by atoms with Crippen LogP contribution in [0.5, 0.6) is 0 Å². The Balaban J connectivity index is 1.59. The molecule has 1 saturated carbocycles. The average Bonchev–Trinajstić information content (AvgIpc) is 3.06. The number of nitrogens with zero attached hydrogens (tertiary/aromatic N) is 2. The molecule has 2 aromatic rings. The molecule has 0 bridgehead atoms. The maximum Gasteiger partial charge on any atom is 0.328 e. The van der Waals surface area contributed by atoms with E-state index in [1.165, 1.54) is 17.2 Å². The summed E-state index contributed by atoms with van der Waals surface area (Å²) in [6, 6.07) is 8.53. The Bertz CT molecular complexity index is 735. The van der Waals surface area contributed by atoms with Crippen molar-refractivity contribution in [3.05, 3.63) is 53.2 Å². The van der Waals surface area contributed by atoms with Crippen LogP contribution in [0.25, 0.3) is 6.08 Å². The predicted molar refractivity (Wildman–Crippen MR) is 74.7 cm³/mol. The van der Waals surface area contributed by atoms with Crippen molar-refractivity contribution in [1.82, 2.24) is 10.2 Å². The Morgan fingerprint density at radius 1 is 1.29 bits per heavy atom. The first-order valence-corrected chi connectivity index (χ1v) is 7.06. The lowest BCUT2D eigenvalue weighted by atomic mass is 9.92. The van der Waals surface area contributed by atoms with Gasteiger partial charge in [0.05, 0.1) is 0 Å². The van der Waals surface area contributed by atoms with E-state index in [0.717, 1.165) is 18.9 Å². The monoisotopic (exact) mass is 282 g/mol. The maximum absolute atomic E-state index is 10.5. The first-order chi connectivity index (χ1) is 10.2. The molecule has 1 N–H and O–H groups in total. The number of rotatable bonds is 3. The fourth-order valence-electron chi connectivity index (χ4n) is 3.49. The summed E-state index contributed by atoms with van der Waals surface area (Å²) in [6.45, 7) is 0. The zero-order valence-corrected chi connectivity index (χ0v) is 11.3. The molecule has 1 aromatic carbocycles. The molecule has 0 aliphatic heterocycles. The molecule has 0 saturated heterocycles. The van der Waals surface area contributed by atoms with E-state index in [4.69, 9.17) is 9.52 Å². The molecule has 1 heterocycles. The van der Waals surface area contributed by atoms with Crippen molar-refractivity contribution >= 4 is 12.0 Å². The molecule has 0 amide bonds. The lowest BCUT2D eigenvalue weighted by Crippen LogP contribution is -2.00. The molecule has 106 valence electrons. The van der Waals surface area contributed by atoms with Gasteiger partial charge in [0, 0.05) is 18.1 Å². The number of aryl methyl sites for hydroxylation is 1. The van der Waals surface area contributed by atoms with Gasteiger partial charge in [0.1, 0.15) is 0 Å². The molecule has 1 fully saturated rings. The summed E-state index contributed by atoms with van der Waals surface area (Å²) in [6.07, 6.45) is 4.59. The number of hydrogen-bond acceptors (Lipinski definition) is 4. The summed E-state index contributed by atoms with van der Waals surface area (Å²) in [5, 5.41) is 16.6. The summed E-state index contributed by atoms with van der Waals surface area (Å²) in [7, 11) is 0. The van der Waals surface area contributed by atoms with Crippen LogP contribution >= 0.6 is 0 Å². The van der Waals surface area contributed by atoms with Gasteiger partial charge in [-0.2, -0.15) is 0 Å². The standard InChI is InChI=1S/C16H14N2O3/c19-13(20)8-7-12-17-18-16(21-12)15-11-6-5-9-3-1-2-4-10(9)14(11)15/h1-4,7-8,11,14-15H,5-6H2,(H,19,20)/b8-7+. The smallest absolute Gasteiger partial charge is 0.328 e. The minimum Gasteiger partial charge on any atom is -0.478 e. The number of hydrogen-bond donors (Lipinski definition) is 1. The molecule has 3 atom stereocenters. The number of fused-ring (bicyclic) bond motifs is 3. The number of carbonyl (C=O) groups is 1. The third kappa shape index (κ3) is 2.05. The zero-order valence-electron chi connectivity index (χ0n) is 11.3. The summed E-state index contributed by atoms with van der Waals surface area (Å²) >= 11 is 0. The number of aromatic nitrogens is 2. The van der Waals surface area contributed by atoms with Gasteiger partial charge in [0.2, 0.25) is 11.8 Å². The van der Waals surface area contributed by atoms with E-state index in [1.807, 2.05) is 0 Å². The summed E-state index contributed by atoms with van der Waals surface area (Å²) in [5.41, 5.74) is 2.83. The van der Waals surface area contributed by atoms with Gasteiger partial charge in [0.15, 0.2) is 0 Å². The predicted octanol–water partition coefficient (Wildman–Crippen LogP) is 2.61. The van der Waals surface area contributed by atoms with Gasteiger partial charge in [0.25, 0.3) is 0 Å². The average molecular weight is 282 g/mol. The number of aliphatic carboxylic acids is 1. The first-order valence-electron chi connectivity index (χ1n) is 7.06.